The van der Waals surface area contributed by atoms with Gasteiger partial charge in [-0.15, -0.1) is 0 Å². The van der Waals surface area contributed by atoms with Crippen molar-refractivity contribution in [3.63, 3.8) is 0 Å². The van der Waals surface area contributed by atoms with Gasteiger partial charge < -0.3 is 0 Å². The lowest BCUT2D eigenvalue weighted by Crippen LogP contribution is -2.30. The Balaban J connectivity index is 2.40. The Morgan fingerprint density at radius 1 is 1.50 bits per heavy atom. The molecule has 2 aromatic heterocycles. The van der Waals surface area contributed by atoms with Crippen molar-refractivity contribution in [3.05, 3.63) is 47.8 Å². The van der Waals surface area contributed by atoms with Gasteiger partial charge in [0, 0.05) is 19.4 Å². The molecule has 1 atom stereocenters. The van der Waals surface area contributed by atoms with Crippen LogP contribution in [0.4, 0.5) is 4.39 Å². The average molecular weight is 221 g/mol. The van der Waals surface area contributed by atoms with Crippen LogP contribution in [-0.4, -0.2) is 14.8 Å². The van der Waals surface area contributed by atoms with Gasteiger partial charge in [-0.1, -0.05) is 0 Å². The van der Waals surface area contributed by atoms with E-state index in [9.17, 15) is 4.39 Å². The van der Waals surface area contributed by atoms with E-state index >= 15 is 0 Å². The Bertz CT molecular complexity index is 482. The van der Waals surface area contributed by atoms with E-state index in [0.29, 0.717) is 5.56 Å². The molecule has 1 unspecified atom stereocenters. The van der Waals surface area contributed by atoms with Gasteiger partial charge in [0.15, 0.2) is 0 Å². The monoisotopic (exact) mass is 221 g/mol. The van der Waals surface area contributed by atoms with Gasteiger partial charge >= 0.3 is 0 Å². The summed E-state index contributed by atoms with van der Waals surface area (Å²) in [6.45, 7) is 0. The zero-order valence-corrected chi connectivity index (χ0v) is 8.76. The maximum Gasteiger partial charge on any atom is 0.141 e. The summed E-state index contributed by atoms with van der Waals surface area (Å²) in [7, 11) is 1.80. The first-order valence-corrected chi connectivity index (χ1v) is 4.77. The fourth-order valence-electron chi connectivity index (χ4n) is 1.61. The minimum Gasteiger partial charge on any atom is -0.271 e. The molecule has 0 spiro atoms. The number of aryl methyl sites for hydroxylation is 1. The SMILES string of the molecule is Cn1nccc1C(NN)c1cncc(F)c1. The molecule has 5 nitrogen and oxygen atoms in total. The summed E-state index contributed by atoms with van der Waals surface area (Å²) in [6.07, 6.45) is 4.38. The number of hydrazine groups is 1. The van der Waals surface area contributed by atoms with Crippen molar-refractivity contribution in [2.45, 2.75) is 6.04 Å². The number of nitrogens with one attached hydrogen (secondary N) is 1. The summed E-state index contributed by atoms with van der Waals surface area (Å²) >= 11 is 0. The lowest BCUT2D eigenvalue weighted by Gasteiger charge is -2.16. The van der Waals surface area contributed by atoms with Crippen molar-refractivity contribution in [1.82, 2.24) is 20.2 Å². The van der Waals surface area contributed by atoms with Gasteiger partial charge in [0.25, 0.3) is 0 Å². The van der Waals surface area contributed by atoms with Crippen molar-refractivity contribution in [2.75, 3.05) is 0 Å². The van der Waals surface area contributed by atoms with Gasteiger partial charge in [-0.3, -0.25) is 15.5 Å². The highest BCUT2D eigenvalue weighted by Gasteiger charge is 2.16. The van der Waals surface area contributed by atoms with Gasteiger partial charge in [0.1, 0.15) is 5.82 Å². The topological polar surface area (TPSA) is 68.8 Å². The van der Waals surface area contributed by atoms with E-state index in [1.165, 1.54) is 6.07 Å². The smallest absolute Gasteiger partial charge is 0.141 e. The third-order valence-electron chi connectivity index (χ3n) is 2.38. The summed E-state index contributed by atoms with van der Waals surface area (Å²) in [6, 6.07) is 2.88. The zero-order valence-electron chi connectivity index (χ0n) is 8.76. The number of nitrogens with zero attached hydrogens (tertiary/aromatic N) is 3. The van der Waals surface area contributed by atoms with Gasteiger partial charge in [-0.05, 0) is 17.7 Å². The number of halogens is 1. The van der Waals surface area contributed by atoms with E-state index in [0.717, 1.165) is 11.9 Å². The Kier molecular flexibility index (Phi) is 2.93. The Morgan fingerprint density at radius 2 is 2.31 bits per heavy atom. The second kappa shape index (κ2) is 4.38. The third kappa shape index (κ3) is 1.93. The summed E-state index contributed by atoms with van der Waals surface area (Å²) in [5, 5.41) is 4.04. The molecule has 2 heterocycles. The van der Waals surface area contributed by atoms with Crippen LogP contribution in [0, 0.1) is 5.82 Å². The van der Waals surface area contributed by atoms with E-state index in [4.69, 9.17) is 5.84 Å². The second-order valence-electron chi connectivity index (χ2n) is 3.42. The highest BCUT2D eigenvalue weighted by Crippen LogP contribution is 2.20. The number of aromatic nitrogens is 3. The van der Waals surface area contributed by atoms with Gasteiger partial charge in [-0.25, -0.2) is 9.82 Å². The lowest BCUT2D eigenvalue weighted by atomic mass is 10.1. The molecule has 0 fully saturated rings. The predicted molar refractivity (Wildman–Crippen MR) is 56.6 cm³/mol. The molecule has 0 saturated heterocycles. The molecule has 6 heteroatoms. The molecule has 0 saturated carbocycles. The van der Waals surface area contributed by atoms with E-state index < -0.39 is 0 Å². The molecule has 2 rings (SSSR count). The molecule has 3 N–H and O–H groups in total. The van der Waals surface area contributed by atoms with Crippen molar-refractivity contribution < 1.29 is 4.39 Å². The number of hydrogen-bond acceptors (Lipinski definition) is 4. The highest BCUT2D eigenvalue weighted by molar-refractivity contribution is 5.25. The van der Waals surface area contributed by atoms with Crippen LogP contribution in [0.2, 0.25) is 0 Å². The van der Waals surface area contributed by atoms with Crippen LogP contribution in [0.5, 0.6) is 0 Å². The minimum absolute atomic E-state index is 0.323. The highest BCUT2D eigenvalue weighted by atomic mass is 19.1. The number of rotatable bonds is 3. The maximum atomic E-state index is 13.1. The first-order chi connectivity index (χ1) is 7.72. The van der Waals surface area contributed by atoms with E-state index in [1.54, 1.807) is 24.1 Å². The quantitative estimate of drug-likeness (QED) is 0.585. The maximum absolute atomic E-state index is 13.1. The van der Waals surface area contributed by atoms with Crippen LogP contribution in [0.25, 0.3) is 0 Å². The molecular formula is C10H12FN5. The first-order valence-electron chi connectivity index (χ1n) is 4.77. The van der Waals surface area contributed by atoms with Crippen molar-refractivity contribution >= 4 is 0 Å². The summed E-state index contributed by atoms with van der Waals surface area (Å²) in [5.74, 6) is 5.08. The zero-order chi connectivity index (χ0) is 11.5. The van der Waals surface area contributed by atoms with Crippen LogP contribution in [0.15, 0.2) is 30.7 Å². The molecule has 16 heavy (non-hydrogen) atoms. The van der Waals surface area contributed by atoms with E-state index in [2.05, 4.69) is 15.5 Å². The Morgan fingerprint density at radius 3 is 2.88 bits per heavy atom. The standard InChI is InChI=1S/C10H12FN5/c1-16-9(2-3-14-16)10(15-12)7-4-8(11)6-13-5-7/h2-6,10,15H,12H2,1H3. The first kappa shape index (κ1) is 10.7. The van der Waals surface area contributed by atoms with E-state index in [1.807, 2.05) is 6.07 Å². The van der Waals surface area contributed by atoms with Crippen LogP contribution in [-0.2, 0) is 7.05 Å². The number of pyridine rings is 1. The van der Waals surface area contributed by atoms with Crippen molar-refractivity contribution in [1.29, 1.82) is 0 Å². The summed E-state index contributed by atoms with van der Waals surface area (Å²) in [4.78, 5) is 3.79. The minimum atomic E-state index is -0.389. The molecule has 0 radical (unpaired) electrons. The molecule has 0 aliphatic heterocycles. The molecule has 0 bridgehead atoms. The molecule has 0 aliphatic rings. The Hall–Kier alpha value is -1.79. The summed E-state index contributed by atoms with van der Waals surface area (Å²) < 4.78 is 14.7. The van der Waals surface area contributed by atoms with E-state index in [-0.39, 0.29) is 11.9 Å². The fraction of sp³-hybridized carbons (Fsp3) is 0.200. The van der Waals surface area contributed by atoms with Crippen LogP contribution in [0.3, 0.4) is 0 Å². The second-order valence-corrected chi connectivity index (χ2v) is 3.42. The fourth-order valence-corrected chi connectivity index (χ4v) is 1.61. The molecule has 0 amide bonds. The van der Waals surface area contributed by atoms with Gasteiger partial charge in [-0.2, -0.15) is 5.10 Å². The van der Waals surface area contributed by atoms with Crippen LogP contribution >= 0.6 is 0 Å². The van der Waals surface area contributed by atoms with Gasteiger partial charge in [0.2, 0.25) is 0 Å². The van der Waals surface area contributed by atoms with Crippen molar-refractivity contribution in [3.8, 4) is 0 Å². The lowest BCUT2D eigenvalue weighted by molar-refractivity contribution is 0.563. The van der Waals surface area contributed by atoms with Crippen LogP contribution in [0.1, 0.15) is 17.3 Å². The molecule has 84 valence electrons. The normalized spacial score (nSPS) is 12.7. The third-order valence-corrected chi connectivity index (χ3v) is 2.38. The average Bonchev–Trinajstić information content (AvgIpc) is 2.67. The molecular weight excluding hydrogens is 209 g/mol. The molecule has 0 aliphatic carbocycles. The van der Waals surface area contributed by atoms with Crippen LogP contribution < -0.4 is 11.3 Å². The molecule has 2 aromatic rings. The van der Waals surface area contributed by atoms with Crippen molar-refractivity contribution in [2.24, 2.45) is 12.9 Å². The number of nitrogens with two attached hydrogens (primary N) is 1. The largest absolute Gasteiger partial charge is 0.271 e. The molecule has 0 aromatic carbocycles. The predicted octanol–water partition coefficient (Wildman–Crippen LogP) is 0.507. The number of hydrogen-bond donors (Lipinski definition) is 2. The van der Waals surface area contributed by atoms with Gasteiger partial charge in [0.05, 0.1) is 17.9 Å². The Labute approximate surface area is 92.1 Å². The summed E-state index contributed by atoms with van der Waals surface area (Å²) in [5.41, 5.74) is 4.12.